The van der Waals surface area contributed by atoms with E-state index < -0.39 is 35.1 Å². The van der Waals surface area contributed by atoms with E-state index in [4.69, 9.17) is 16.3 Å². The Labute approximate surface area is 251 Å². The lowest BCUT2D eigenvalue weighted by atomic mass is 9.62. The summed E-state index contributed by atoms with van der Waals surface area (Å²) in [5, 5.41) is 19.1. The Morgan fingerprint density at radius 1 is 1.22 bits per heavy atom. The van der Waals surface area contributed by atoms with Crippen molar-refractivity contribution in [1.82, 2.24) is 5.32 Å². The van der Waals surface area contributed by atoms with Crippen LogP contribution in [0.5, 0.6) is 5.75 Å². The fourth-order valence-electron chi connectivity index (χ4n) is 6.23. The van der Waals surface area contributed by atoms with Gasteiger partial charge in [-0.2, -0.15) is 5.26 Å². The Morgan fingerprint density at radius 2 is 1.98 bits per heavy atom. The summed E-state index contributed by atoms with van der Waals surface area (Å²) in [5.74, 6) is -1.96. The van der Waals surface area contributed by atoms with Crippen LogP contribution in [0.25, 0.3) is 0 Å². The van der Waals surface area contributed by atoms with Crippen molar-refractivity contribution in [2.24, 2.45) is 5.41 Å². The quantitative estimate of drug-likeness (QED) is 0.295. The van der Waals surface area contributed by atoms with Crippen LogP contribution in [0.4, 0.5) is 15.8 Å². The zero-order valence-corrected chi connectivity index (χ0v) is 25.3. The molecule has 212 valence electrons. The Bertz CT molecular complexity index is 1600. The number of halogens is 3. The number of amides is 2. The lowest BCUT2D eigenvalue weighted by molar-refractivity contribution is -0.122. The third-order valence-electron chi connectivity index (χ3n) is 7.81. The summed E-state index contributed by atoms with van der Waals surface area (Å²) < 4.78 is 21.6. The van der Waals surface area contributed by atoms with E-state index in [-0.39, 0.29) is 21.4 Å². The van der Waals surface area contributed by atoms with E-state index in [1.165, 1.54) is 13.2 Å². The smallest absolute Gasteiger partial charge is 0.242 e. The summed E-state index contributed by atoms with van der Waals surface area (Å²) in [7, 11) is 1.44. The van der Waals surface area contributed by atoms with Crippen LogP contribution in [-0.4, -0.2) is 31.0 Å². The summed E-state index contributed by atoms with van der Waals surface area (Å²) in [5.41, 5.74) is 0.572. The average Bonchev–Trinajstić information content (AvgIpc) is 3.39. The maximum Gasteiger partial charge on any atom is 0.242 e. The molecule has 4 atom stereocenters. The number of nitrogens with one attached hydrogen (secondary N) is 3. The number of ether oxygens (including phenoxy) is 1. The van der Waals surface area contributed by atoms with Crippen molar-refractivity contribution >= 4 is 50.7 Å². The molecule has 1 spiro atoms. The molecule has 1 saturated heterocycles. The first-order valence-corrected chi connectivity index (χ1v) is 14.3. The molecule has 41 heavy (non-hydrogen) atoms. The van der Waals surface area contributed by atoms with E-state index in [1.54, 1.807) is 48.5 Å². The van der Waals surface area contributed by atoms with E-state index >= 15 is 4.39 Å². The minimum Gasteiger partial charge on any atom is -0.495 e. The topological polar surface area (TPSA) is 103 Å². The van der Waals surface area contributed by atoms with Crippen LogP contribution in [0.3, 0.4) is 0 Å². The van der Waals surface area contributed by atoms with Crippen molar-refractivity contribution in [2.75, 3.05) is 17.7 Å². The summed E-state index contributed by atoms with van der Waals surface area (Å²) in [6.07, 6.45) is 0.512. The second-order valence-electron chi connectivity index (χ2n) is 11.6. The molecule has 0 aromatic heterocycles. The molecule has 3 aromatic rings. The van der Waals surface area contributed by atoms with Gasteiger partial charge in [0.25, 0.3) is 0 Å². The highest BCUT2D eigenvalue weighted by molar-refractivity contribution is 9.10. The summed E-state index contributed by atoms with van der Waals surface area (Å²) in [4.78, 5) is 28.4. The Balaban J connectivity index is 1.71. The molecule has 2 heterocycles. The Kier molecular flexibility index (Phi) is 7.62. The van der Waals surface area contributed by atoms with Crippen molar-refractivity contribution in [1.29, 1.82) is 5.26 Å². The van der Waals surface area contributed by atoms with Gasteiger partial charge in [-0.1, -0.05) is 50.6 Å². The maximum absolute atomic E-state index is 16.0. The largest absolute Gasteiger partial charge is 0.495 e. The zero-order valence-electron chi connectivity index (χ0n) is 22.9. The lowest BCUT2D eigenvalue weighted by Gasteiger charge is -2.37. The molecular formula is C31H29BrClFN4O3. The molecule has 1 unspecified atom stereocenters. The minimum atomic E-state index is -1.33. The van der Waals surface area contributed by atoms with Crippen molar-refractivity contribution < 1.29 is 18.7 Å². The number of nitriles is 1. The molecule has 5 rings (SSSR count). The van der Waals surface area contributed by atoms with Crippen LogP contribution in [0.2, 0.25) is 5.02 Å². The van der Waals surface area contributed by atoms with Gasteiger partial charge in [0.05, 0.1) is 34.9 Å². The van der Waals surface area contributed by atoms with Crippen LogP contribution >= 0.6 is 27.5 Å². The number of rotatable bonds is 5. The van der Waals surface area contributed by atoms with Crippen LogP contribution in [0.15, 0.2) is 59.1 Å². The zero-order chi connectivity index (χ0) is 29.7. The van der Waals surface area contributed by atoms with Gasteiger partial charge < -0.3 is 20.7 Å². The van der Waals surface area contributed by atoms with Gasteiger partial charge in [-0.05, 0) is 69.2 Å². The molecule has 0 radical (unpaired) electrons. The number of carbonyl (C=O) groups excluding carboxylic acids is 2. The van der Waals surface area contributed by atoms with Crippen molar-refractivity contribution in [3.8, 4) is 11.8 Å². The maximum atomic E-state index is 16.0. The Morgan fingerprint density at radius 3 is 2.66 bits per heavy atom. The molecule has 7 nitrogen and oxygen atoms in total. The average molecular weight is 640 g/mol. The summed E-state index contributed by atoms with van der Waals surface area (Å²) in [6.45, 7) is 6.17. The van der Waals surface area contributed by atoms with Gasteiger partial charge in [-0.3, -0.25) is 9.59 Å². The molecule has 2 amide bonds. The predicted molar refractivity (Wildman–Crippen MR) is 160 cm³/mol. The highest BCUT2D eigenvalue weighted by Crippen LogP contribution is 2.57. The van der Waals surface area contributed by atoms with Gasteiger partial charge in [0.2, 0.25) is 11.8 Å². The number of methoxy groups -OCH3 is 1. The van der Waals surface area contributed by atoms with E-state index in [2.05, 4.69) is 58.7 Å². The molecule has 0 saturated carbocycles. The third-order valence-corrected chi connectivity index (χ3v) is 8.66. The monoisotopic (exact) mass is 638 g/mol. The van der Waals surface area contributed by atoms with Gasteiger partial charge in [-0.25, -0.2) is 4.39 Å². The molecule has 3 aromatic carbocycles. The molecule has 2 aliphatic heterocycles. The number of hydrogen-bond donors (Lipinski definition) is 3. The van der Waals surface area contributed by atoms with E-state index in [9.17, 15) is 14.9 Å². The lowest BCUT2D eigenvalue weighted by Crippen LogP contribution is -2.49. The van der Waals surface area contributed by atoms with Crippen LogP contribution < -0.4 is 20.7 Å². The normalized spacial score (nSPS) is 23.2. The van der Waals surface area contributed by atoms with E-state index in [0.29, 0.717) is 39.7 Å². The molecule has 10 heteroatoms. The van der Waals surface area contributed by atoms with E-state index in [0.717, 1.165) is 0 Å². The minimum absolute atomic E-state index is 0.229. The van der Waals surface area contributed by atoms with Crippen molar-refractivity contribution in [3.05, 3.63) is 86.6 Å². The summed E-state index contributed by atoms with van der Waals surface area (Å²) in [6, 6.07) is 15.3. The number of nitrogens with zero attached hydrogens (tertiary/aromatic N) is 1. The number of hydrogen-bond acceptors (Lipinski definition) is 5. The van der Waals surface area contributed by atoms with Crippen molar-refractivity contribution in [2.45, 2.75) is 50.6 Å². The van der Waals surface area contributed by atoms with Crippen LogP contribution in [0, 0.1) is 22.6 Å². The SMILES string of the molecule is COc1cc(C#N)ccc1NC(=O)[C@@H]1N[C@@H](CC(C)(C)C)C2(C(=O)Nc3cc(Cl)ccc32)[C@@H]1c1cccc(Br)c1F. The van der Waals surface area contributed by atoms with Gasteiger partial charge in [0.1, 0.15) is 17.0 Å². The number of carbonyl (C=O) groups is 2. The van der Waals surface area contributed by atoms with Crippen LogP contribution in [0.1, 0.15) is 49.8 Å². The van der Waals surface area contributed by atoms with Gasteiger partial charge >= 0.3 is 0 Å². The first-order chi connectivity index (χ1) is 19.4. The highest BCUT2D eigenvalue weighted by atomic mass is 79.9. The highest BCUT2D eigenvalue weighted by Gasteiger charge is 2.66. The van der Waals surface area contributed by atoms with Gasteiger partial charge in [0.15, 0.2) is 0 Å². The first kappa shape index (κ1) is 29.1. The second kappa shape index (κ2) is 10.8. The number of fused-ring (bicyclic) bond motifs is 2. The second-order valence-corrected chi connectivity index (χ2v) is 12.9. The molecule has 3 N–H and O–H groups in total. The number of benzene rings is 3. The van der Waals surface area contributed by atoms with Crippen LogP contribution in [-0.2, 0) is 15.0 Å². The van der Waals surface area contributed by atoms with E-state index in [1.807, 2.05) is 0 Å². The fourth-order valence-corrected chi connectivity index (χ4v) is 6.78. The molecule has 0 bridgehead atoms. The molecule has 2 aliphatic rings. The molecular weight excluding hydrogens is 611 g/mol. The number of anilines is 2. The third kappa shape index (κ3) is 4.99. The van der Waals surface area contributed by atoms with Gasteiger partial charge in [0, 0.05) is 28.7 Å². The fraction of sp³-hybridized carbons (Fsp3) is 0.323. The van der Waals surface area contributed by atoms with Gasteiger partial charge in [-0.15, -0.1) is 0 Å². The van der Waals surface area contributed by atoms with Crippen molar-refractivity contribution in [3.63, 3.8) is 0 Å². The standard InChI is InChI=1S/C31H29BrClFN4O3/c1-30(2,3)14-24-31(19-10-9-17(33)13-22(19)37-29(31)40)25(18-6-5-7-20(32)26(18)34)27(38-24)28(39)36-21-11-8-16(15-35)12-23(21)41-4/h5-13,24-25,27,38H,14H2,1-4H3,(H,36,39)(H,37,40)/t24-,25+,27+,31?/m0/s1. The molecule has 0 aliphatic carbocycles. The summed E-state index contributed by atoms with van der Waals surface area (Å²) >= 11 is 9.60. The Hall–Kier alpha value is -3.45. The predicted octanol–water partition coefficient (Wildman–Crippen LogP) is 6.51. The molecule has 1 fully saturated rings. The first-order valence-electron chi connectivity index (χ1n) is 13.1.